The highest BCUT2D eigenvalue weighted by Crippen LogP contribution is 2.40. The van der Waals surface area contributed by atoms with Crippen molar-refractivity contribution in [3.8, 4) is 0 Å². The van der Waals surface area contributed by atoms with Gasteiger partial charge in [-0.15, -0.1) is 0 Å². The van der Waals surface area contributed by atoms with Crippen molar-refractivity contribution >= 4 is 21.4 Å². The molecule has 1 aromatic carbocycles. The summed E-state index contributed by atoms with van der Waals surface area (Å²) in [4.78, 5) is 7.06. The largest absolute Gasteiger partial charge is 0.391 e. The van der Waals surface area contributed by atoms with Gasteiger partial charge in [-0.2, -0.15) is 13.2 Å². The summed E-state index contributed by atoms with van der Waals surface area (Å²) in [6, 6.07) is 3.97. The highest BCUT2D eigenvalue weighted by atomic mass is 35.5. The summed E-state index contributed by atoms with van der Waals surface area (Å²) in [6.07, 6.45) is -3.21. The van der Waals surface area contributed by atoms with Gasteiger partial charge in [0.2, 0.25) is 0 Å². The van der Waals surface area contributed by atoms with Crippen molar-refractivity contribution in [3.63, 3.8) is 0 Å². The van der Waals surface area contributed by atoms with Gasteiger partial charge in [-0.25, -0.2) is 17.8 Å². The third-order valence-corrected chi connectivity index (χ3v) is 6.90. The Morgan fingerprint density at radius 2 is 1.90 bits per heavy atom. The number of nitrogens with one attached hydrogen (secondary N) is 1. The van der Waals surface area contributed by atoms with Crippen LogP contribution in [0.25, 0.3) is 0 Å². The summed E-state index contributed by atoms with van der Waals surface area (Å²) in [6.45, 7) is 1.71. The topological polar surface area (TPSA) is 72.0 Å². The molecule has 0 spiro atoms. The van der Waals surface area contributed by atoms with E-state index in [9.17, 15) is 26.0 Å². The second kappa shape index (κ2) is 9.07. The molecule has 11 heteroatoms. The molecule has 2 aromatic rings. The minimum Gasteiger partial charge on any atom is -0.365 e. The summed E-state index contributed by atoms with van der Waals surface area (Å²) in [5.41, 5.74) is 0.772. The van der Waals surface area contributed by atoms with Crippen LogP contribution in [0, 0.1) is 24.6 Å². The Morgan fingerprint density at radius 3 is 2.42 bits per heavy atom. The predicted molar refractivity (Wildman–Crippen MR) is 107 cm³/mol. The average Bonchev–Trinajstić information content (AvgIpc) is 3.06. The van der Waals surface area contributed by atoms with E-state index >= 15 is 0 Å². The lowest BCUT2D eigenvalue weighted by molar-refractivity contribution is -0.185. The van der Waals surface area contributed by atoms with Crippen LogP contribution in [0.2, 0.25) is 5.02 Å². The van der Waals surface area contributed by atoms with Gasteiger partial charge in [-0.05, 0) is 56.2 Å². The van der Waals surface area contributed by atoms with E-state index in [0.29, 0.717) is 24.1 Å². The molecule has 1 saturated carbocycles. The van der Waals surface area contributed by atoms with Crippen molar-refractivity contribution in [2.24, 2.45) is 11.8 Å². The number of alkyl halides is 3. The second-order valence-corrected chi connectivity index (χ2v) is 10.3. The van der Waals surface area contributed by atoms with Gasteiger partial charge in [0.05, 0.1) is 23.2 Å². The average molecular weight is 483 g/mol. The van der Waals surface area contributed by atoms with Crippen molar-refractivity contribution in [1.29, 1.82) is 0 Å². The lowest BCUT2D eigenvalue weighted by Gasteiger charge is -2.30. The van der Waals surface area contributed by atoms with Gasteiger partial charge in [0.15, 0.2) is 14.9 Å². The Kier molecular flexibility index (Phi) is 7.02. The van der Waals surface area contributed by atoms with E-state index in [4.69, 9.17) is 16.3 Å². The molecular formula is C20H23ClF4N2O3S. The fourth-order valence-electron chi connectivity index (χ4n) is 3.85. The molecule has 5 nitrogen and oxygen atoms in total. The molecule has 0 saturated heterocycles. The van der Waals surface area contributed by atoms with Crippen molar-refractivity contribution in [2.75, 3.05) is 12.9 Å². The van der Waals surface area contributed by atoms with Crippen molar-refractivity contribution in [2.45, 2.75) is 49.9 Å². The number of sulfone groups is 1. The van der Waals surface area contributed by atoms with Crippen molar-refractivity contribution in [1.82, 2.24) is 9.97 Å². The Balaban J connectivity index is 1.82. The van der Waals surface area contributed by atoms with E-state index in [1.165, 1.54) is 12.1 Å². The van der Waals surface area contributed by atoms with E-state index in [0.717, 1.165) is 12.3 Å². The molecule has 0 radical (unpaired) electrons. The Bertz CT molecular complexity index is 1030. The number of hydrogen-bond acceptors (Lipinski definition) is 4. The number of aromatic amines is 1. The summed E-state index contributed by atoms with van der Waals surface area (Å²) >= 11 is 5.90. The smallest absolute Gasteiger partial charge is 0.365 e. The number of nitrogens with zero attached hydrogens (tertiary/aromatic N) is 1. The maximum absolute atomic E-state index is 13.6. The maximum Gasteiger partial charge on any atom is 0.391 e. The third-order valence-electron chi connectivity index (χ3n) is 5.51. The Labute approximate surface area is 183 Å². The summed E-state index contributed by atoms with van der Waals surface area (Å²) in [5.74, 6) is -1.80. The molecule has 1 fully saturated rings. The quantitative estimate of drug-likeness (QED) is 0.560. The molecule has 1 aliphatic carbocycles. The molecule has 1 heterocycles. The molecule has 3 rings (SSSR count). The maximum atomic E-state index is 13.6. The monoisotopic (exact) mass is 482 g/mol. The second-order valence-electron chi connectivity index (χ2n) is 7.97. The van der Waals surface area contributed by atoms with Crippen LogP contribution in [0.4, 0.5) is 17.6 Å². The van der Waals surface area contributed by atoms with E-state index in [1.54, 1.807) is 6.92 Å². The fourth-order valence-corrected chi connectivity index (χ4v) is 4.91. The van der Waals surface area contributed by atoms with Gasteiger partial charge in [-0.1, -0.05) is 17.7 Å². The van der Waals surface area contributed by atoms with E-state index in [1.807, 2.05) is 0 Å². The van der Waals surface area contributed by atoms with Crippen LogP contribution in [0.3, 0.4) is 0 Å². The summed E-state index contributed by atoms with van der Waals surface area (Å²) in [7, 11) is -3.59. The van der Waals surface area contributed by atoms with Gasteiger partial charge < -0.3 is 9.72 Å². The highest BCUT2D eigenvalue weighted by molar-refractivity contribution is 7.90. The molecule has 31 heavy (non-hydrogen) atoms. The number of benzene rings is 1. The Morgan fingerprint density at radius 1 is 1.26 bits per heavy atom. The number of hydrogen-bond donors (Lipinski definition) is 1. The van der Waals surface area contributed by atoms with Crippen LogP contribution in [-0.4, -0.2) is 37.4 Å². The number of rotatable bonds is 6. The molecule has 0 bridgehead atoms. The number of aryl methyl sites for hydroxylation is 1. The minimum atomic E-state index is -4.19. The molecular weight excluding hydrogens is 460 g/mol. The minimum absolute atomic E-state index is 0.0443. The van der Waals surface area contributed by atoms with Crippen LogP contribution in [-0.2, 0) is 14.6 Å². The normalized spacial score (nSPS) is 21.3. The third kappa shape index (κ3) is 5.78. The number of H-pyrrole nitrogens is 1. The first-order valence-corrected chi connectivity index (χ1v) is 12.0. The fraction of sp³-hybridized carbons (Fsp3) is 0.550. The van der Waals surface area contributed by atoms with Crippen LogP contribution >= 0.6 is 11.6 Å². The van der Waals surface area contributed by atoms with E-state index < -0.39 is 33.9 Å². The van der Waals surface area contributed by atoms with E-state index in [-0.39, 0.29) is 41.2 Å². The molecule has 172 valence electrons. The van der Waals surface area contributed by atoms with Gasteiger partial charge in [-0.3, -0.25) is 0 Å². The first-order valence-electron chi connectivity index (χ1n) is 9.76. The molecule has 0 aliphatic heterocycles. The van der Waals surface area contributed by atoms with Gasteiger partial charge in [0, 0.05) is 6.26 Å². The number of aromatic nitrogens is 2. The molecule has 1 aliphatic rings. The Hall–Kier alpha value is -1.65. The molecule has 1 atom stereocenters. The molecule has 1 N–H and O–H groups in total. The highest BCUT2D eigenvalue weighted by Gasteiger charge is 2.41. The molecule has 1 aromatic heterocycles. The zero-order valence-electron chi connectivity index (χ0n) is 17.0. The zero-order chi connectivity index (χ0) is 23.0. The van der Waals surface area contributed by atoms with E-state index in [2.05, 4.69) is 9.97 Å². The predicted octanol–water partition coefficient (Wildman–Crippen LogP) is 5.39. The zero-order valence-corrected chi connectivity index (χ0v) is 18.5. The summed E-state index contributed by atoms with van der Waals surface area (Å²) in [5, 5.41) is -0.265. The lowest BCUT2D eigenvalue weighted by atomic mass is 9.82. The standard InChI is InChI=1S/C20H23ClF4N2O3S/c1-11-19(31(2,28)29)27-18(26-11)17(13-5-8-16(22)15(21)9-13)30-10-12-3-6-14(7-4-12)20(23,24)25/h5,8-9,12,14,17H,3-4,6-7,10H2,1-2H3,(H,26,27)/t12-,14-,17?. The number of imidazole rings is 1. The van der Waals surface area contributed by atoms with Gasteiger partial charge in [0.1, 0.15) is 17.7 Å². The van der Waals surface area contributed by atoms with Crippen LogP contribution in [0.15, 0.2) is 23.2 Å². The first-order chi connectivity index (χ1) is 14.4. The van der Waals surface area contributed by atoms with Crippen molar-refractivity contribution < 1.29 is 30.7 Å². The van der Waals surface area contributed by atoms with Crippen LogP contribution < -0.4 is 0 Å². The SMILES string of the molecule is Cc1[nH]c(C(OC[C@H]2CC[C@H](C(F)(F)F)CC2)c2ccc(F)c(Cl)c2)nc1S(C)(=O)=O. The number of ether oxygens (including phenoxy) is 1. The molecule has 0 amide bonds. The molecule has 1 unspecified atom stereocenters. The lowest BCUT2D eigenvalue weighted by Crippen LogP contribution is -2.29. The van der Waals surface area contributed by atoms with Crippen LogP contribution in [0.5, 0.6) is 0 Å². The number of halogens is 5. The van der Waals surface area contributed by atoms with Gasteiger partial charge in [0.25, 0.3) is 0 Å². The first kappa shape index (κ1) is 24.0. The summed E-state index contributed by atoms with van der Waals surface area (Å²) < 4.78 is 82.2. The van der Waals surface area contributed by atoms with Gasteiger partial charge >= 0.3 is 6.18 Å². The van der Waals surface area contributed by atoms with Crippen LogP contribution in [0.1, 0.15) is 48.9 Å². The van der Waals surface area contributed by atoms with Crippen molar-refractivity contribution in [3.05, 3.63) is 46.1 Å².